The summed E-state index contributed by atoms with van der Waals surface area (Å²) in [5.74, 6) is -2.70. The van der Waals surface area contributed by atoms with Crippen LogP contribution in [0.5, 0.6) is 0 Å². The minimum absolute atomic E-state index is 0. The number of aldehydes is 3. The standard InChI is InChI=1S/C16H11BrFN3OS.C11H10BrNO3S.C10H8BrNO3S.C9H8BrN3O2S.C9H6BrN3OS.C9H8BrNO2S.C5H3BrOS.C4H7N3O2.C2H6O.C2H5O.CH3F.Na/c1-20-12-6-13(17)23-15(12)10-7-19-21(16(22)14(10)20)8-9-4-2-3-5-11(9)18;1-3-16-11(15)9-6(5-14)10-7(13(9)2)4-8(12)17-10;1-2-15-10(14)8-5(4-13)9-6(12-8)3-7(11)16-9;1-2-15-9(14)7(12-13-11)5-6-3-4-8(10)16-6;1-13-5-2-6(10)15-8(5)4-3-11-12-9(14)7(4)13;1-2-13-9(12)6-3-7-5(11-6)4-8(10)14-7;6-5-2-1-4(3-7)8-5;1-2-9-4(8)3-6-7-5;2*1-2-3;1-2;/h2-7H,8H2,1H3;4-5H,3H2,1-2H3;3-4,12H,2H2,1H3;3-5H,2H2,1H3;2-3H,1H3,(H,12,14);3-4,11H,2H2,1H3;1-3H;2-3H2,1H3;3H,2H2,1H3;2H2,1H3;1H3;/q;;;;;;;;;-1;;+1/b;;;7-5-;;;;;;;;/i;;;;;;;;;;1D;. The van der Waals surface area contributed by atoms with E-state index in [4.69, 9.17) is 41.6 Å². The Morgan fingerprint density at radius 3 is 1.61 bits per heavy atom. The molecule has 14 heterocycles. The number of azide groups is 2. The number of benzene rings is 1. The third-order valence-corrected chi connectivity index (χ3v) is 26.8. The summed E-state index contributed by atoms with van der Waals surface area (Å²) in [6.07, 6.45) is 7.10. The summed E-state index contributed by atoms with van der Waals surface area (Å²) in [7, 11) is 4.50. The van der Waals surface area contributed by atoms with Gasteiger partial charge in [0.1, 0.15) is 46.2 Å². The molecule has 1 aromatic carbocycles. The summed E-state index contributed by atoms with van der Waals surface area (Å²) in [6.45, 7) is 13.6. The van der Waals surface area contributed by atoms with E-state index in [0.29, 0.717) is 71.5 Å². The molecule has 4 N–H and O–H groups in total. The van der Waals surface area contributed by atoms with E-state index in [0.717, 1.165) is 104 Å². The Hall–Kier alpha value is -8.04. The molecular formula is C78H75Br7F2N15NaO17S7. The number of fused-ring (bicyclic) bond motifs is 9. The van der Waals surface area contributed by atoms with Gasteiger partial charge in [0.25, 0.3) is 11.1 Å². The summed E-state index contributed by atoms with van der Waals surface area (Å²) in [5.41, 5.74) is 23.8. The fourth-order valence-corrected chi connectivity index (χ4v) is 21.2. The number of aliphatic hydroxyl groups is 1. The molecule has 670 valence electrons. The van der Waals surface area contributed by atoms with Gasteiger partial charge in [-0.1, -0.05) is 35.4 Å². The number of aromatic amines is 3. The van der Waals surface area contributed by atoms with Gasteiger partial charge in [-0.05, 0) is 237 Å². The summed E-state index contributed by atoms with van der Waals surface area (Å²) >= 11 is 34.0. The number of thiophene rings is 7. The van der Waals surface area contributed by atoms with Crippen LogP contribution in [0.4, 0.5) is 8.78 Å². The molecule has 0 amide bonds. The SMILES string of the molecule is CCO.CCOC(=O)/C(=C/c1ccc(Br)s1)N=[N+]=[N-].CCOC(=O)CN=[N+]=[N-].CCOC(=O)c1[nH]c2cc(Br)sc2c1C=O.CCOC(=O)c1c(C=O)c2sc(Br)cc2n1C.CCOC(=O)c1cc2sc(Br)cc2[nH]1.CC[O-].Cn1c2cc(Br)sc2c2cn[nH]c(=O)c21.Cn1c2cc(Br)sc2c2cnn(Cc3ccccc3F)c(=O)c21.O=Cc1ccc(Br)s1.[2H]CF.[Na+]. The van der Waals surface area contributed by atoms with Crippen LogP contribution in [-0.4, -0.2) is 157 Å². The average Bonchev–Trinajstić information content (AvgIpc) is 1.60. The molecule has 0 aliphatic rings. The van der Waals surface area contributed by atoms with Gasteiger partial charge in [0.2, 0.25) is 0 Å². The van der Waals surface area contributed by atoms with Crippen LogP contribution < -0.4 is 45.8 Å². The zero-order valence-electron chi connectivity index (χ0n) is 69.7. The average molecular weight is 2340 g/mol. The number of nitrogens with zero attached hydrogens (tertiary/aromatic N) is 12. The first kappa shape index (κ1) is 109. The Morgan fingerprint density at radius 2 is 1.09 bits per heavy atom. The van der Waals surface area contributed by atoms with Crippen LogP contribution in [0.25, 0.3) is 99.9 Å². The Balaban J connectivity index is 0.000000306. The molecule has 32 nitrogen and oxygen atoms in total. The second-order valence-electron chi connectivity index (χ2n) is 23.4. The maximum atomic E-state index is 13.8. The molecule has 15 rings (SSSR count). The quantitative estimate of drug-likeness (QED) is 0.00906. The van der Waals surface area contributed by atoms with Gasteiger partial charge in [-0.2, -0.15) is 10.2 Å². The van der Waals surface area contributed by atoms with Crippen molar-refractivity contribution in [2.24, 2.45) is 31.4 Å². The zero-order chi connectivity index (χ0) is 94.3. The molecule has 0 aliphatic heterocycles. The maximum absolute atomic E-state index is 13.8. The largest absolute Gasteiger partial charge is 1.00 e. The van der Waals surface area contributed by atoms with Crippen LogP contribution in [-0.2, 0) is 61.0 Å². The van der Waals surface area contributed by atoms with Crippen LogP contribution in [0.15, 0.2) is 149 Å². The van der Waals surface area contributed by atoms with E-state index in [1.54, 1.807) is 137 Å². The molecule has 0 unspecified atom stereocenters. The number of esters is 5. The van der Waals surface area contributed by atoms with Crippen LogP contribution >= 0.6 is 191 Å². The Bertz CT molecular complexity index is 6520. The van der Waals surface area contributed by atoms with Crippen molar-refractivity contribution in [2.45, 2.75) is 55.0 Å². The number of hydrogen-bond donors (Lipinski definition) is 4. The second-order valence-corrected chi connectivity index (χ2v) is 40.6. The molecule has 0 aliphatic carbocycles. The monoisotopic (exact) mass is 2330 g/mol. The number of aryl methyl sites for hydroxylation is 3. The first-order valence-electron chi connectivity index (χ1n) is 36.8. The Kier molecular flexibility index (Phi) is 49.3. The number of carbonyl (C=O) groups excluding carboxylic acids is 8. The van der Waals surface area contributed by atoms with Gasteiger partial charge in [0.15, 0.2) is 18.9 Å². The van der Waals surface area contributed by atoms with Crippen molar-refractivity contribution >= 4 is 319 Å². The van der Waals surface area contributed by atoms with Gasteiger partial charge in [-0.25, -0.2) is 33.3 Å². The van der Waals surface area contributed by atoms with Gasteiger partial charge in [-0.15, -0.1) is 86.0 Å². The normalized spacial score (nSPS) is 10.3. The van der Waals surface area contributed by atoms with Crippen molar-refractivity contribution in [3.8, 4) is 0 Å². The number of halogens is 9. The molecule has 127 heavy (non-hydrogen) atoms. The van der Waals surface area contributed by atoms with E-state index >= 15 is 0 Å². The van der Waals surface area contributed by atoms with E-state index in [-0.39, 0.29) is 103 Å². The molecule has 15 aromatic rings. The maximum Gasteiger partial charge on any atom is 1.00 e. The predicted molar refractivity (Wildman–Crippen MR) is 517 cm³/mol. The summed E-state index contributed by atoms with van der Waals surface area (Å²) in [6, 6.07) is 25.2. The molecule has 49 heteroatoms. The Labute approximate surface area is 831 Å². The predicted octanol–water partition coefficient (Wildman–Crippen LogP) is 19.1. The summed E-state index contributed by atoms with van der Waals surface area (Å²) in [4.78, 5) is 125. The molecule has 0 spiro atoms. The van der Waals surface area contributed by atoms with Gasteiger partial charge >= 0.3 is 59.4 Å². The molecule has 0 bridgehead atoms. The minimum atomic E-state index is -1.00. The molecular weight excluding hydrogens is 2260 g/mol. The molecule has 0 saturated heterocycles. The van der Waals surface area contributed by atoms with Gasteiger partial charge in [0, 0.05) is 58.8 Å². The fraction of sp³-hybridized carbons (Fsp3) is 0.256. The zero-order valence-corrected chi connectivity index (χ0v) is 87.5. The van der Waals surface area contributed by atoms with Gasteiger partial charge in [0.05, 0.1) is 154 Å². The fourth-order valence-electron chi connectivity index (χ4n) is 10.6. The van der Waals surface area contributed by atoms with Gasteiger partial charge in [-0.3, -0.25) is 33.2 Å². The van der Waals surface area contributed by atoms with Crippen molar-refractivity contribution < 1.29 is 112 Å². The van der Waals surface area contributed by atoms with E-state index in [9.17, 15) is 56.7 Å². The van der Waals surface area contributed by atoms with Crippen molar-refractivity contribution in [2.75, 3.05) is 59.9 Å². The van der Waals surface area contributed by atoms with Crippen LogP contribution in [0.2, 0.25) is 0 Å². The smallest absolute Gasteiger partial charge is 0.855 e. The van der Waals surface area contributed by atoms with Crippen LogP contribution in [0.3, 0.4) is 0 Å². The van der Waals surface area contributed by atoms with Crippen molar-refractivity contribution in [1.82, 2.24) is 43.6 Å². The van der Waals surface area contributed by atoms with E-state index in [2.05, 4.69) is 162 Å². The van der Waals surface area contributed by atoms with Crippen LogP contribution in [0.1, 0.15) is 122 Å². The van der Waals surface area contributed by atoms with Gasteiger partial charge < -0.3 is 57.6 Å². The van der Waals surface area contributed by atoms with Crippen molar-refractivity contribution in [1.29, 1.82) is 0 Å². The minimum Gasteiger partial charge on any atom is -0.855 e. The second kappa shape index (κ2) is 57.2. The van der Waals surface area contributed by atoms with Crippen molar-refractivity contribution in [3.63, 3.8) is 0 Å². The number of aliphatic hydroxyl groups excluding tert-OH is 1. The Morgan fingerprint density at radius 1 is 0.598 bits per heavy atom. The van der Waals surface area contributed by atoms with E-state index in [1.165, 1.54) is 62.2 Å². The molecule has 14 aromatic heterocycles. The number of carbonyl (C=O) groups is 8. The number of H-pyrrole nitrogens is 3. The summed E-state index contributed by atoms with van der Waals surface area (Å²) in [5, 5.41) is 35.0. The number of ether oxygens (including phenoxy) is 5. The summed E-state index contributed by atoms with van der Waals surface area (Å²) < 4.78 is 71.6. The number of nitrogens with one attached hydrogen (secondary N) is 3. The third kappa shape index (κ3) is 31.6. The van der Waals surface area contributed by atoms with Crippen molar-refractivity contribution in [3.05, 3.63) is 220 Å². The number of aromatic nitrogens is 9. The first-order valence-corrected chi connectivity index (χ1v) is 47.4. The third-order valence-electron chi connectivity index (χ3n) is 15.5. The molecule has 0 radical (unpaired) electrons. The topological polar surface area (TPSA) is 451 Å². The molecule has 0 fully saturated rings. The number of alkyl halides is 1. The number of rotatable bonds is 18. The van der Waals surface area contributed by atoms with E-state index in [1.807, 2.05) is 71.8 Å². The number of hydrogen-bond acceptors (Lipinski definition) is 28. The molecule has 0 saturated carbocycles. The van der Waals surface area contributed by atoms with E-state index < -0.39 is 31.0 Å². The van der Waals surface area contributed by atoms with Crippen LogP contribution in [0, 0.1) is 5.82 Å². The molecule has 0 atom stereocenters. The first-order chi connectivity index (χ1) is 60.8.